The number of aryl methyl sites for hydroxylation is 1. The van der Waals surface area contributed by atoms with E-state index in [1.54, 1.807) is 11.1 Å². The smallest absolute Gasteiger partial charge is 0.163 e. The minimum Gasteiger partial charge on any atom is -0.345 e. The van der Waals surface area contributed by atoms with Crippen LogP contribution in [0, 0.1) is 6.92 Å². The molecule has 5 heteroatoms. The van der Waals surface area contributed by atoms with Crippen molar-refractivity contribution in [3.8, 4) is 11.4 Å². The SMILES string of the molecule is Cc1cccc(C[NH+]2CCN(c3nc(-c4cccnc4)nc4ccccc34)CC2)c1. The Kier molecular flexibility index (Phi) is 5.11. The van der Waals surface area contributed by atoms with Gasteiger partial charge in [0, 0.05) is 28.9 Å². The lowest BCUT2D eigenvalue weighted by molar-refractivity contribution is -0.914. The maximum Gasteiger partial charge on any atom is 0.163 e. The summed E-state index contributed by atoms with van der Waals surface area (Å²) in [4.78, 5) is 18.1. The molecule has 0 amide bonds. The molecule has 4 aromatic rings. The molecule has 0 bridgehead atoms. The summed E-state index contributed by atoms with van der Waals surface area (Å²) >= 11 is 0. The standard InChI is InChI=1S/C25H25N5/c1-19-6-4-7-20(16-19)18-29-12-14-30(15-13-29)25-22-9-2-3-10-23(22)27-24(28-25)21-8-5-11-26-17-21/h2-11,16-17H,12-15,18H2,1H3/p+1. The Morgan fingerprint density at radius 3 is 2.60 bits per heavy atom. The summed E-state index contributed by atoms with van der Waals surface area (Å²) in [6.07, 6.45) is 3.61. The lowest BCUT2D eigenvalue weighted by Gasteiger charge is -2.33. The fourth-order valence-corrected chi connectivity index (χ4v) is 4.25. The number of fused-ring (bicyclic) bond motifs is 1. The van der Waals surface area contributed by atoms with Crippen molar-refractivity contribution in [1.82, 2.24) is 15.0 Å². The average molecular weight is 397 g/mol. The quantitative estimate of drug-likeness (QED) is 0.576. The molecular weight excluding hydrogens is 370 g/mol. The Morgan fingerprint density at radius 2 is 1.80 bits per heavy atom. The average Bonchev–Trinajstić information content (AvgIpc) is 2.79. The molecule has 0 atom stereocenters. The number of hydrogen-bond donors (Lipinski definition) is 1. The number of aromatic nitrogens is 3. The van der Waals surface area contributed by atoms with E-state index in [0.717, 1.165) is 60.8 Å². The number of anilines is 1. The summed E-state index contributed by atoms with van der Waals surface area (Å²) in [6, 6.07) is 21.1. The van der Waals surface area contributed by atoms with Crippen LogP contribution in [0.2, 0.25) is 0 Å². The van der Waals surface area contributed by atoms with Gasteiger partial charge >= 0.3 is 0 Å². The van der Waals surface area contributed by atoms with Gasteiger partial charge in [0.15, 0.2) is 5.82 Å². The highest BCUT2D eigenvalue weighted by molar-refractivity contribution is 5.91. The van der Waals surface area contributed by atoms with Crippen molar-refractivity contribution < 1.29 is 4.90 Å². The Balaban J connectivity index is 1.40. The predicted octanol–water partition coefficient (Wildman–Crippen LogP) is 2.91. The van der Waals surface area contributed by atoms with Crippen LogP contribution in [0.3, 0.4) is 0 Å². The molecular formula is C25H26N5+. The molecule has 2 aromatic heterocycles. The van der Waals surface area contributed by atoms with Gasteiger partial charge in [-0.25, -0.2) is 9.97 Å². The van der Waals surface area contributed by atoms with Gasteiger partial charge in [-0.05, 0) is 31.2 Å². The van der Waals surface area contributed by atoms with Gasteiger partial charge in [0.2, 0.25) is 0 Å². The first-order valence-electron chi connectivity index (χ1n) is 10.6. The second kappa shape index (κ2) is 8.20. The van der Waals surface area contributed by atoms with Crippen molar-refractivity contribution >= 4 is 16.7 Å². The number of benzene rings is 2. The van der Waals surface area contributed by atoms with E-state index in [-0.39, 0.29) is 0 Å². The summed E-state index contributed by atoms with van der Waals surface area (Å²) in [6.45, 7) is 7.45. The molecule has 2 aromatic carbocycles. The molecule has 1 fully saturated rings. The van der Waals surface area contributed by atoms with E-state index in [4.69, 9.17) is 9.97 Å². The maximum atomic E-state index is 4.98. The molecule has 0 unspecified atom stereocenters. The van der Waals surface area contributed by atoms with Crippen molar-refractivity contribution in [2.75, 3.05) is 31.1 Å². The predicted molar refractivity (Wildman–Crippen MR) is 121 cm³/mol. The topological polar surface area (TPSA) is 46.4 Å². The molecule has 0 saturated carbocycles. The third-order valence-corrected chi connectivity index (χ3v) is 5.81. The third-order valence-electron chi connectivity index (χ3n) is 5.81. The minimum absolute atomic E-state index is 0.742. The molecule has 1 aliphatic heterocycles. The van der Waals surface area contributed by atoms with Crippen molar-refractivity contribution in [2.45, 2.75) is 13.5 Å². The second-order valence-electron chi connectivity index (χ2n) is 8.03. The summed E-state index contributed by atoms with van der Waals surface area (Å²) in [5, 5.41) is 1.12. The van der Waals surface area contributed by atoms with Gasteiger partial charge in [-0.2, -0.15) is 0 Å². The molecule has 0 radical (unpaired) electrons. The van der Waals surface area contributed by atoms with Crippen LogP contribution in [-0.2, 0) is 6.54 Å². The fourth-order valence-electron chi connectivity index (χ4n) is 4.25. The van der Waals surface area contributed by atoms with Crippen LogP contribution < -0.4 is 9.80 Å². The van der Waals surface area contributed by atoms with Gasteiger partial charge < -0.3 is 9.80 Å². The largest absolute Gasteiger partial charge is 0.345 e. The Labute approximate surface area is 177 Å². The number of hydrogen-bond acceptors (Lipinski definition) is 4. The lowest BCUT2D eigenvalue weighted by atomic mass is 10.1. The molecule has 5 nitrogen and oxygen atoms in total. The fraction of sp³-hybridized carbons (Fsp3) is 0.240. The molecule has 1 aliphatic rings. The molecule has 0 aliphatic carbocycles. The Bertz CT molecular complexity index is 1150. The molecule has 3 heterocycles. The van der Waals surface area contributed by atoms with Crippen LogP contribution >= 0.6 is 0 Å². The third kappa shape index (κ3) is 3.89. The summed E-state index contributed by atoms with van der Waals surface area (Å²) in [7, 11) is 0. The summed E-state index contributed by atoms with van der Waals surface area (Å²) in [5.41, 5.74) is 4.69. The normalized spacial score (nSPS) is 14.9. The Morgan fingerprint density at radius 1 is 0.933 bits per heavy atom. The van der Waals surface area contributed by atoms with Crippen molar-refractivity contribution in [1.29, 1.82) is 0 Å². The van der Waals surface area contributed by atoms with E-state index in [1.165, 1.54) is 11.1 Å². The number of rotatable bonds is 4. The molecule has 150 valence electrons. The van der Waals surface area contributed by atoms with Crippen LogP contribution in [0.25, 0.3) is 22.3 Å². The van der Waals surface area contributed by atoms with E-state index >= 15 is 0 Å². The molecule has 0 spiro atoms. The number of piperazine rings is 1. The van der Waals surface area contributed by atoms with Gasteiger partial charge in [0.05, 0.1) is 31.7 Å². The summed E-state index contributed by atoms with van der Waals surface area (Å²) in [5.74, 6) is 1.78. The van der Waals surface area contributed by atoms with E-state index < -0.39 is 0 Å². The number of nitrogens with zero attached hydrogens (tertiary/aromatic N) is 4. The van der Waals surface area contributed by atoms with Crippen LogP contribution in [0.4, 0.5) is 5.82 Å². The highest BCUT2D eigenvalue weighted by Crippen LogP contribution is 2.27. The van der Waals surface area contributed by atoms with Gasteiger partial charge in [-0.15, -0.1) is 0 Å². The van der Waals surface area contributed by atoms with E-state index in [2.05, 4.69) is 59.3 Å². The zero-order chi connectivity index (χ0) is 20.3. The van der Waals surface area contributed by atoms with E-state index in [1.807, 2.05) is 24.4 Å². The number of para-hydroxylation sites is 1. The van der Waals surface area contributed by atoms with Crippen molar-refractivity contribution in [3.63, 3.8) is 0 Å². The summed E-state index contributed by atoms with van der Waals surface area (Å²) < 4.78 is 0. The van der Waals surface area contributed by atoms with Gasteiger partial charge in [0.25, 0.3) is 0 Å². The van der Waals surface area contributed by atoms with Gasteiger partial charge in [-0.1, -0.05) is 42.0 Å². The van der Waals surface area contributed by atoms with E-state index in [9.17, 15) is 0 Å². The first-order chi connectivity index (χ1) is 14.8. The zero-order valence-electron chi connectivity index (χ0n) is 17.3. The van der Waals surface area contributed by atoms with Crippen molar-refractivity contribution in [2.24, 2.45) is 0 Å². The van der Waals surface area contributed by atoms with Crippen molar-refractivity contribution in [3.05, 3.63) is 84.2 Å². The second-order valence-corrected chi connectivity index (χ2v) is 8.03. The van der Waals surface area contributed by atoms with Crippen LogP contribution in [0.1, 0.15) is 11.1 Å². The number of quaternary nitrogens is 1. The van der Waals surface area contributed by atoms with Crippen LogP contribution in [0.15, 0.2) is 73.1 Å². The van der Waals surface area contributed by atoms with Gasteiger partial charge in [-0.3, -0.25) is 4.98 Å². The molecule has 30 heavy (non-hydrogen) atoms. The van der Waals surface area contributed by atoms with Crippen LogP contribution in [-0.4, -0.2) is 41.1 Å². The first-order valence-corrected chi connectivity index (χ1v) is 10.6. The number of nitrogens with one attached hydrogen (secondary N) is 1. The molecule has 1 saturated heterocycles. The highest BCUT2D eigenvalue weighted by atomic mass is 15.3. The maximum absolute atomic E-state index is 4.98. The molecule has 1 N–H and O–H groups in total. The monoisotopic (exact) mass is 396 g/mol. The molecule has 5 rings (SSSR count). The first kappa shape index (κ1) is 18.7. The number of pyridine rings is 1. The van der Waals surface area contributed by atoms with E-state index in [0.29, 0.717) is 0 Å². The lowest BCUT2D eigenvalue weighted by Crippen LogP contribution is -3.13. The van der Waals surface area contributed by atoms with Crippen LogP contribution in [0.5, 0.6) is 0 Å². The highest BCUT2D eigenvalue weighted by Gasteiger charge is 2.23. The van der Waals surface area contributed by atoms with Gasteiger partial charge in [0.1, 0.15) is 12.4 Å². The minimum atomic E-state index is 0.742. The zero-order valence-corrected chi connectivity index (χ0v) is 17.3. The Hall–Kier alpha value is -3.31.